The number of halogens is 1. The zero-order valence-corrected chi connectivity index (χ0v) is 11.3. The summed E-state index contributed by atoms with van der Waals surface area (Å²) < 4.78 is 1.07. The highest BCUT2D eigenvalue weighted by molar-refractivity contribution is 9.10. The Labute approximate surface area is 104 Å². The van der Waals surface area contributed by atoms with Crippen molar-refractivity contribution in [1.29, 1.82) is 0 Å². The van der Waals surface area contributed by atoms with Gasteiger partial charge in [-0.15, -0.1) is 0 Å². The Balaban J connectivity index is 2.44. The third-order valence-corrected chi connectivity index (χ3v) is 3.23. The van der Waals surface area contributed by atoms with Gasteiger partial charge < -0.3 is 0 Å². The van der Waals surface area contributed by atoms with Crippen molar-refractivity contribution < 1.29 is 0 Å². The first-order chi connectivity index (χ1) is 7.48. The predicted octanol–water partition coefficient (Wildman–Crippen LogP) is 4.14. The van der Waals surface area contributed by atoms with Crippen molar-refractivity contribution in [1.82, 2.24) is 10.2 Å². The minimum Gasteiger partial charge on any atom is -0.281 e. The Bertz CT molecular complexity index is 495. The summed E-state index contributed by atoms with van der Waals surface area (Å²) in [6.45, 7) is 6.51. The summed E-state index contributed by atoms with van der Waals surface area (Å²) in [6.07, 6.45) is 0. The van der Waals surface area contributed by atoms with Crippen LogP contribution < -0.4 is 0 Å². The molecule has 1 heterocycles. The Morgan fingerprint density at radius 1 is 1.19 bits per heavy atom. The molecule has 0 atom stereocenters. The van der Waals surface area contributed by atoms with Crippen LogP contribution in [0.25, 0.3) is 11.3 Å². The van der Waals surface area contributed by atoms with Crippen molar-refractivity contribution in [3.63, 3.8) is 0 Å². The molecule has 0 bridgehead atoms. The lowest BCUT2D eigenvalue weighted by Gasteiger charge is -2.14. The van der Waals surface area contributed by atoms with Crippen LogP contribution in [0.1, 0.15) is 26.5 Å². The third-order valence-electron chi connectivity index (χ3n) is 2.54. The van der Waals surface area contributed by atoms with Gasteiger partial charge in [0.15, 0.2) is 0 Å². The smallest absolute Gasteiger partial charge is 0.0935 e. The molecule has 84 valence electrons. The van der Waals surface area contributed by atoms with E-state index in [0.717, 1.165) is 21.4 Å². The summed E-state index contributed by atoms with van der Waals surface area (Å²) in [5.74, 6) is 0. The number of hydrogen-bond donors (Lipinski definition) is 1. The molecule has 0 aliphatic carbocycles. The van der Waals surface area contributed by atoms with E-state index < -0.39 is 0 Å². The van der Waals surface area contributed by atoms with Crippen LogP contribution in [0.3, 0.4) is 0 Å². The number of rotatable bonds is 1. The van der Waals surface area contributed by atoms with E-state index in [1.807, 2.05) is 18.2 Å². The van der Waals surface area contributed by atoms with Gasteiger partial charge in [0.05, 0.1) is 5.69 Å². The Morgan fingerprint density at radius 2 is 1.88 bits per heavy atom. The second kappa shape index (κ2) is 4.06. The Hall–Kier alpha value is -1.09. The molecule has 1 aromatic carbocycles. The quantitative estimate of drug-likeness (QED) is 0.835. The molecule has 3 heteroatoms. The zero-order chi connectivity index (χ0) is 11.8. The fraction of sp³-hybridized carbons (Fsp3) is 0.308. The van der Waals surface area contributed by atoms with E-state index in [4.69, 9.17) is 0 Å². The summed E-state index contributed by atoms with van der Waals surface area (Å²) in [6, 6.07) is 10.2. The molecule has 0 saturated carbocycles. The van der Waals surface area contributed by atoms with Gasteiger partial charge in [-0.25, -0.2) is 0 Å². The molecule has 1 aromatic heterocycles. The molecule has 2 nitrogen and oxygen atoms in total. The van der Waals surface area contributed by atoms with Gasteiger partial charge in [-0.1, -0.05) is 54.9 Å². The van der Waals surface area contributed by atoms with Gasteiger partial charge in [-0.3, -0.25) is 5.10 Å². The molecule has 0 saturated heterocycles. The lowest BCUT2D eigenvalue weighted by Crippen LogP contribution is -2.11. The predicted molar refractivity (Wildman–Crippen MR) is 70.4 cm³/mol. The monoisotopic (exact) mass is 278 g/mol. The lowest BCUT2D eigenvalue weighted by atomic mass is 9.92. The van der Waals surface area contributed by atoms with E-state index >= 15 is 0 Å². The van der Waals surface area contributed by atoms with Crippen LogP contribution in [0.5, 0.6) is 0 Å². The van der Waals surface area contributed by atoms with Gasteiger partial charge in [0.1, 0.15) is 0 Å². The van der Waals surface area contributed by atoms with Gasteiger partial charge in [-0.05, 0) is 12.1 Å². The Kier molecular flexibility index (Phi) is 2.89. The van der Waals surface area contributed by atoms with Gasteiger partial charge in [-0.2, -0.15) is 5.10 Å². The molecule has 0 amide bonds. The second-order valence-corrected chi connectivity index (χ2v) is 5.75. The molecule has 2 aromatic rings. The highest BCUT2D eigenvalue weighted by Crippen LogP contribution is 2.29. The van der Waals surface area contributed by atoms with Crippen molar-refractivity contribution in [3.05, 3.63) is 40.5 Å². The van der Waals surface area contributed by atoms with E-state index in [1.165, 1.54) is 0 Å². The summed E-state index contributed by atoms with van der Waals surface area (Å²) in [4.78, 5) is 0. The van der Waals surface area contributed by atoms with Crippen molar-refractivity contribution in [2.45, 2.75) is 26.2 Å². The maximum absolute atomic E-state index is 4.36. The average Bonchev–Trinajstić information content (AvgIpc) is 2.66. The molecule has 0 radical (unpaired) electrons. The summed E-state index contributed by atoms with van der Waals surface area (Å²) in [7, 11) is 0. The standard InChI is InChI=1S/C13H15BrN2/c1-13(2,3)12-8-11(15-16-12)9-6-4-5-7-10(9)14/h4-8H,1-3H3,(H,15,16). The number of nitrogens with one attached hydrogen (secondary N) is 1. The van der Waals surface area contributed by atoms with Crippen molar-refractivity contribution in [2.75, 3.05) is 0 Å². The van der Waals surface area contributed by atoms with Gasteiger partial charge in [0.2, 0.25) is 0 Å². The average molecular weight is 279 g/mol. The topological polar surface area (TPSA) is 28.7 Å². The van der Waals surface area contributed by atoms with E-state index in [1.54, 1.807) is 0 Å². The normalized spacial score (nSPS) is 11.8. The number of hydrogen-bond acceptors (Lipinski definition) is 1. The van der Waals surface area contributed by atoms with E-state index in [-0.39, 0.29) is 5.41 Å². The van der Waals surface area contributed by atoms with Gasteiger partial charge in [0, 0.05) is 21.1 Å². The van der Waals surface area contributed by atoms with Crippen molar-refractivity contribution in [2.24, 2.45) is 0 Å². The first kappa shape index (κ1) is 11.4. The van der Waals surface area contributed by atoms with Gasteiger partial charge >= 0.3 is 0 Å². The molecule has 0 aliphatic heterocycles. The maximum atomic E-state index is 4.36. The fourth-order valence-corrected chi connectivity index (χ4v) is 2.00. The maximum Gasteiger partial charge on any atom is 0.0935 e. The SMILES string of the molecule is CC(C)(C)c1cc(-c2ccccc2Br)n[nH]1. The Morgan fingerprint density at radius 3 is 2.44 bits per heavy atom. The van der Waals surface area contributed by atoms with Crippen molar-refractivity contribution >= 4 is 15.9 Å². The van der Waals surface area contributed by atoms with Crippen LogP contribution in [0.4, 0.5) is 0 Å². The molecular weight excluding hydrogens is 264 g/mol. The number of benzene rings is 1. The first-order valence-electron chi connectivity index (χ1n) is 5.29. The molecule has 16 heavy (non-hydrogen) atoms. The highest BCUT2D eigenvalue weighted by atomic mass is 79.9. The summed E-state index contributed by atoms with van der Waals surface area (Å²) >= 11 is 3.54. The number of nitrogens with zero attached hydrogens (tertiary/aromatic N) is 1. The van der Waals surface area contributed by atoms with Crippen LogP contribution in [0.15, 0.2) is 34.8 Å². The third kappa shape index (κ3) is 2.19. The lowest BCUT2D eigenvalue weighted by molar-refractivity contribution is 0.567. The summed E-state index contributed by atoms with van der Waals surface area (Å²) in [5.41, 5.74) is 3.36. The van der Waals surface area contributed by atoms with Gasteiger partial charge in [0.25, 0.3) is 0 Å². The minimum absolute atomic E-state index is 0.104. The molecular formula is C13H15BrN2. The van der Waals surface area contributed by atoms with Crippen LogP contribution >= 0.6 is 15.9 Å². The number of aromatic nitrogens is 2. The van der Waals surface area contributed by atoms with Crippen LogP contribution in [0.2, 0.25) is 0 Å². The van der Waals surface area contributed by atoms with E-state index in [2.05, 4.69) is 59.0 Å². The molecule has 0 fully saturated rings. The molecule has 0 spiro atoms. The molecule has 1 N–H and O–H groups in total. The minimum atomic E-state index is 0.104. The first-order valence-corrected chi connectivity index (χ1v) is 6.08. The second-order valence-electron chi connectivity index (χ2n) is 4.90. The van der Waals surface area contributed by atoms with Crippen molar-refractivity contribution in [3.8, 4) is 11.3 Å². The number of aromatic amines is 1. The molecule has 0 aliphatic rings. The van der Waals surface area contributed by atoms with Crippen LogP contribution in [-0.2, 0) is 5.41 Å². The highest BCUT2D eigenvalue weighted by Gasteiger charge is 2.17. The van der Waals surface area contributed by atoms with E-state index in [9.17, 15) is 0 Å². The molecule has 0 unspecified atom stereocenters. The van der Waals surface area contributed by atoms with E-state index in [0.29, 0.717) is 0 Å². The van der Waals surface area contributed by atoms with Crippen LogP contribution in [-0.4, -0.2) is 10.2 Å². The van der Waals surface area contributed by atoms with Crippen LogP contribution in [0, 0.1) is 0 Å². The largest absolute Gasteiger partial charge is 0.281 e. The zero-order valence-electron chi connectivity index (χ0n) is 9.71. The number of H-pyrrole nitrogens is 1. The molecule has 2 rings (SSSR count). The summed E-state index contributed by atoms with van der Waals surface area (Å²) in [5, 5.41) is 7.46. The fourth-order valence-electron chi connectivity index (χ4n) is 1.51.